The Morgan fingerprint density at radius 3 is 2.64 bits per heavy atom. The van der Waals surface area contributed by atoms with E-state index in [1.807, 2.05) is 0 Å². The summed E-state index contributed by atoms with van der Waals surface area (Å²) in [6.07, 6.45) is -3.48. The van der Waals surface area contributed by atoms with Crippen LogP contribution in [0.5, 0.6) is 0 Å². The van der Waals surface area contributed by atoms with Gasteiger partial charge in [0, 0.05) is 12.6 Å². The summed E-state index contributed by atoms with van der Waals surface area (Å²) in [4.78, 5) is 3.54. The molecule has 0 saturated heterocycles. The second-order valence-corrected chi connectivity index (χ2v) is 2.70. The van der Waals surface area contributed by atoms with Crippen LogP contribution in [0, 0.1) is 5.41 Å². The molecule has 1 aromatic rings. The minimum absolute atomic E-state index is 0.215. The summed E-state index contributed by atoms with van der Waals surface area (Å²) >= 11 is 0. The Morgan fingerprint density at radius 2 is 2.14 bits per heavy atom. The topological polar surface area (TPSA) is 62.8 Å². The highest BCUT2D eigenvalue weighted by Gasteiger charge is 2.33. The maximum atomic E-state index is 12.3. The van der Waals surface area contributed by atoms with Crippen LogP contribution in [-0.4, -0.2) is 10.8 Å². The number of nitrogens with zero attached hydrogens (tertiary/aromatic N) is 1. The number of aromatic nitrogens is 1. The molecule has 0 saturated carbocycles. The Labute approximate surface area is 78.3 Å². The summed E-state index contributed by atoms with van der Waals surface area (Å²) in [5.74, 6) is -0.339. The van der Waals surface area contributed by atoms with E-state index in [1.165, 1.54) is 12.3 Å². The van der Waals surface area contributed by atoms with Crippen LogP contribution in [0.1, 0.15) is 11.3 Å². The van der Waals surface area contributed by atoms with Gasteiger partial charge in [-0.1, -0.05) is 0 Å². The van der Waals surface area contributed by atoms with E-state index >= 15 is 0 Å². The van der Waals surface area contributed by atoms with E-state index in [0.29, 0.717) is 0 Å². The van der Waals surface area contributed by atoms with E-state index < -0.39 is 11.7 Å². The van der Waals surface area contributed by atoms with E-state index in [1.54, 1.807) is 0 Å². The van der Waals surface area contributed by atoms with Crippen molar-refractivity contribution >= 4 is 5.84 Å². The van der Waals surface area contributed by atoms with Crippen molar-refractivity contribution in [1.82, 2.24) is 4.98 Å². The van der Waals surface area contributed by atoms with E-state index in [0.717, 1.165) is 6.07 Å². The second-order valence-electron chi connectivity index (χ2n) is 2.70. The molecule has 0 amide bonds. The van der Waals surface area contributed by atoms with Gasteiger partial charge in [0.2, 0.25) is 0 Å². The fourth-order valence-corrected chi connectivity index (χ4v) is 1.02. The summed E-state index contributed by atoms with van der Waals surface area (Å²) < 4.78 is 37.0. The first-order valence-electron chi connectivity index (χ1n) is 3.75. The van der Waals surface area contributed by atoms with Gasteiger partial charge in [-0.05, 0) is 12.1 Å². The Morgan fingerprint density at radius 1 is 1.50 bits per heavy atom. The van der Waals surface area contributed by atoms with Crippen molar-refractivity contribution < 1.29 is 13.2 Å². The second kappa shape index (κ2) is 3.65. The molecule has 0 aliphatic carbocycles. The quantitative estimate of drug-likeness (QED) is 0.566. The highest BCUT2D eigenvalue weighted by atomic mass is 19.4. The molecule has 6 heteroatoms. The van der Waals surface area contributed by atoms with Crippen LogP contribution >= 0.6 is 0 Å². The van der Waals surface area contributed by atoms with Gasteiger partial charge >= 0.3 is 6.18 Å². The van der Waals surface area contributed by atoms with Crippen molar-refractivity contribution in [1.29, 1.82) is 5.41 Å². The molecule has 1 heterocycles. The third-order valence-corrected chi connectivity index (χ3v) is 1.55. The summed E-state index contributed by atoms with van der Waals surface area (Å²) in [6, 6.07) is 2.12. The Kier molecular flexibility index (Phi) is 2.73. The molecule has 1 aromatic heterocycles. The number of nitrogens with two attached hydrogens (primary N) is 1. The predicted molar refractivity (Wildman–Crippen MR) is 44.9 cm³/mol. The first-order chi connectivity index (χ1) is 6.41. The summed E-state index contributed by atoms with van der Waals surface area (Å²) in [6.45, 7) is 0. The predicted octanol–water partition coefficient (Wildman–Crippen LogP) is 1.58. The molecule has 14 heavy (non-hydrogen) atoms. The normalized spacial score (nSPS) is 11.4. The van der Waals surface area contributed by atoms with Gasteiger partial charge in [-0.3, -0.25) is 10.4 Å². The van der Waals surface area contributed by atoms with E-state index in [-0.39, 0.29) is 18.0 Å². The number of halogens is 3. The number of hydrogen-bond donors (Lipinski definition) is 2. The standard InChI is InChI=1S/C8H8F3N3/c9-8(10,11)5-2-1-3-14-6(5)4-7(12)13/h1-3H,4H2,(H3,12,13). The Balaban J connectivity index is 3.10. The van der Waals surface area contributed by atoms with Crippen LogP contribution in [0.25, 0.3) is 0 Å². The first-order valence-corrected chi connectivity index (χ1v) is 3.75. The molecular formula is C8H8F3N3. The zero-order valence-corrected chi connectivity index (χ0v) is 7.10. The van der Waals surface area contributed by atoms with Gasteiger partial charge in [-0.15, -0.1) is 0 Å². The molecule has 0 spiro atoms. The zero-order valence-electron chi connectivity index (χ0n) is 7.10. The Hall–Kier alpha value is -1.59. The average Bonchev–Trinajstić information content (AvgIpc) is 2.01. The lowest BCUT2D eigenvalue weighted by molar-refractivity contribution is -0.138. The summed E-state index contributed by atoms with van der Waals surface area (Å²) in [5.41, 5.74) is 3.96. The first kappa shape index (κ1) is 10.5. The minimum atomic E-state index is -4.45. The van der Waals surface area contributed by atoms with Gasteiger partial charge in [0.05, 0.1) is 17.1 Å². The molecule has 0 aromatic carbocycles. The van der Waals surface area contributed by atoms with Gasteiger partial charge in [-0.25, -0.2) is 0 Å². The number of rotatable bonds is 2. The Bertz CT molecular complexity index is 346. The van der Waals surface area contributed by atoms with Crippen LogP contribution in [0.2, 0.25) is 0 Å². The highest BCUT2D eigenvalue weighted by Crippen LogP contribution is 2.30. The maximum absolute atomic E-state index is 12.3. The van der Waals surface area contributed by atoms with Crippen LogP contribution < -0.4 is 5.73 Å². The largest absolute Gasteiger partial charge is 0.418 e. The molecule has 0 unspecified atom stereocenters. The molecular weight excluding hydrogens is 195 g/mol. The van der Waals surface area contributed by atoms with Crippen molar-refractivity contribution in [2.75, 3.05) is 0 Å². The number of nitrogens with one attached hydrogen (secondary N) is 1. The third-order valence-electron chi connectivity index (χ3n) is 1.55. The molecule has 3 N–H and O–H groups in total. The van der Waals surface area contributed by atoms with Crippen molar-refractivity contribution in [2.45, 2.75) is 12.6 Å². The van der Waals surface area contributed by atoms with Gasteiger partial charge < -0.3 is 5.73 Å². The molecule has 0 aliphatic heterocycles. The van der Waals surface area contributed by atoms with E-state index in [4.69, 9.17) is 11.1 Å². The molecule has 0 aliphatic rings. The maximum Gasteiger partial charge on any atom is 0.418 e. The third kappa shape index (κ3) is 2.45. The van der Waals surface area contributed by atoms with Crippen molar-refractivity contribution in [3.63, 3.8) is 0 Å². The number of alkyl halides is 3. The van der Waals surface area contributed by atoms with Gasteiger partial charge in [0.1, 0.15) is 0 Å². The van der Waals surface area contributed by atoms with Crippen LogP contribution in [0.3, 0.4) is 0 Å². The fourth-order valence-electron chi connectivity index (χ4n) is 1.02. The lowest BCUT2D eigenvalue weighted by atomic mass is 10.1. The molecule has 3 nitrogen and oxygen atoms in total. The van der Waals surface area contributed by atoms with Gasteiger partial charge in [0.25, 0.3) is 0 Å². The molecule has 0 bridgehead atoms. The van der Waals surface area contributed by atoms with Crippen molar-refractivity contribution in [3.05, 3.63) is 29.6 Å². The zero-order chi connectivity index (χ0) is 10.8. The van der Waals surface area contributed by atoms with Crippen molar-refractivity contribution in [2.24, 2.45) is 5.73 Å². The van der Waals surface area contributed by atoms with Crippen LogP contribution in [-0.2, 0) is 12.6 Å². The molecule has 0 radical (unpaired) electrons. The van der Waals surface area contributed by atoms with Gasteiger partial charge in [-0.2, -0.15) is 13.2 Å². The smallest absolute Gasteiger partial charge is 0.387 e. The van der Waals surface area contributed by atoms with E-state index in [9.17, 15) is 13.2 Å². The summed E-state index contributed by atoms with van der Waals surface area (Å²) in [5, 5.41) is 6.90. The average molecular weight is 203 g/mol. The highest BCUT2D eigenvalue weighted by molar-refractivity contribution is 5.79. The van der Waals surface area contributed by atoms with Crippen molar-refractivity contribution in [3.8, 4) is 0 Å². The van der Waals surface area contributed by atoms with Crippen LogP contribution in [0.4, 0.5) is 13.2 Å². The SMILES string of the molecule is N=C(N)Cc1ncccc1C(F)(F)F. The summed E-state index contributed by atoms with van der Waals surface area (Å²) in [7, 11) is 0. The lowest BCUT2D eigenvalue weighted by Crippen LogP contribution is -2.18. The number of amidine groups is 1. The number of hydrogen-bond acceptors (Lipinski definition) is 2. The monoisotopic (exact) mass is 203 g/mol. The van der Waals surface area contributed by atoms with Crippen LogP contribution in [0.15, 0.2) is 18.3 Å². The minimum Gasteiger partial charge on any atom is -0.387 e. The lowest BCUT2D eigenvalue weighted by Gasteiger charge is -2.10. The fraction of sp³-hybridized carbons (Fsp3) is 0.250. The molecule has 76 valence electrons. The molecule has 1 rings (SSSR count). The van der Waals surface area contributed by atoms with E-state index in [2.05, 4.69) is 4.98 Å². The number of pyridine rings is 1. The van der Waals surface area contributed by atoms with Gasteiger partial charge in [0.15, 0.2) is 0 Å². The molecule has 0 atom stereocenters. The molecule has 0 fully saturated rings.